The fraction of sp³-hybridized carbons (Fsp3) is 0.790. The summed E-state index contributed by atoms with van der Waals surface area (Å²) in [6, 6.07) is -4.70. The number of carbonyl (C=O) groups excluding carboxylic acids is 9. The van der Waals surface area contributed by atoms with Gasteiger partial charge in [-0.15, -0.1) is 13.2 Å². The number of alkyl carbamates (subject to hydrolysis) is 2. The Balaban J connectivity index is 0.000000305. The molecule has 0 radical (unpaired) electrons. The summed E-state index contributed by atoms with van der Waals surface area (Å²) in [6.45, 7) is 28.7. The molecule has 8 amide bonds. The number of nitrogens with one attached hydrogen (secondary N) is 6. The summed E-state index contributed by atoms with van der Waals surface area (Å²) in [4.78, 5) is 122. The molecule has 0 aromatic heterocycles. The summed E-state index contributed by atoms with van der Waals surface area (Å²) in [5.41, 5.74) is -1.68. The predicted molar refractivity (Wildman–Crippen MR) is 314 cm³/mol. The van der Waals surface area contributed by atoms with Gasteiger partial charge in [-0.3, -0.25) is 33.6 Å². The number of fused-ring (bicyclic) bond motifs is 6. The molecule has 0 bridgehead atoms. The fourth-order valence-electron chi connectivity index (χ4n) is 13.0. The number of esters is 1. The molecule has 6 rings (SSSR count). The van der Waals surface area contributed by atoms with E-state index < -0.39 is 89.6 Å². The van der Waals surface area contributed by atoms with Crippen molar-refractivity contribution >= 4 is 53.6 Å². The summed E-state index contributed by atoms with van der Waals surface area (Å²) in [5.74, 6) is -2.86. The Bertz CT molecular complexity index is 2310. The van der Waals surface area contributed by atoms with Crippen molar-refractivity contribution in [1.29, 1.82) is 0 Å². The van der Waals surface area contributed by atoms with Gasteiger partial charge in [-0.2, -0.15) is 0 Å². The average molecular weight is 1170 g/mol. The molecule has 4 heterocycles. The lowest BCUT2D eigenvalue weighted by Gasteiger charge is -2.35. The summed E-state index contributed by atoms with van der Waals surface area (Å²) >= 11 is 0. The maximum atomic E-state index is 14.1. The third-order valence-corrected chi connectivity index (χ3v) is 17.6. The molecule has 468 valence electrons. The van der Waals surface area contributed by atoms with E-state index in [4.69, 9.17) is 14.2 Å². The minimum Gasteiger partial charge on any atom is -0.450 e. The predicted octanol–water partition coefficient (Wildman–Crippen LogP) is 6.64. The van der Waals surface area contributed by atoms with Crippen LogP contribution in [-0.4, -0.2) is 154 Å². The minimum absolute atomic E-state index is 0.0371. The number of carbonyl (C=O) groups is 9. The zero-order chi connectivity index (χ0) is 61.6. The molecule has 4 saturated heterocycles. The van der Waals surface area contributed by atoms with Gasteiger partial charge in [0.15, 0.2) is 12.2 Å². The Labute approximate surface area is 493 Å². The molecular weight excluding hydrogens is 1060 g/mol. The number of aliphatic hydroxyl groups is 1. The lowest BCUT2D eigenvalue weighted by atomic mass is 9.96. The number of hydrogen-bond donors (Lipinski definition) is 7. The van der Waals surface area contributed by atoms with Gasteiger partial charge in [-0.25, -0.2) is 9.59 Å². The summed E-state index contributed by atoms with van der Waals surface area (Å²) < 4.78 is 16.4. The van der Waals surface area contributed by atoms with Crippen LogP contribution in [0.5, 0.6) is 0 Å². The van der Waals surface area contributed by atoms with Crippen LogP contribution in [-0.2, 0) is 47.8 Å². The van der Waals surface area contributed by atoms with Gasteiger partial charge in [0.2, 0.25) is 23.6 Å². The zero-order valence-electron chi connectivity index (χ0n) is 51.8. The largest absolute Gasteiger partial charge is 0.450 e. The Morgan fingerprint density at radius 1 is 0.590 bits per heavy atom. The van der Waals surface area contributed by atoms with Gasteiger partial charge in [0.1, 0.15) is 35.4 Å². The van der Waals surface area contributed by atoms with Crippen LogP contribution in [0.4, 0.5) is 9.59 Å². The monoisotopic (exact) mass is 1170 g/mol. The van der Waals surface area contributed by atoms with Crippen molar-refractivity contribution in [2.45, 2.75) is 251 Å². The summed E-state index contributed by atoms with van der Waals surface area (Å²) in [5, 5.41) is 27.7. The Kier molecular flexibility index (Phi) is 24.5. The van der Waals surface area contributed by atoms with E-state index in [9.17, 15) is 48.3 Å². The van der Waals surface area contributed by atoms with Crippen molar-refractivity contribution in [3.63, 3.8) is 0 Å². The van der Waals surface area contributed by atoms with E-state index in [1.807, 2.05) is 0 Å². The van der Waals surface area contributed by atoms with Crippen LogP contribution in [0.1, 0.15) is 192 Å². The highest BCUT2D eigenvalue weighted by Crippen LogP contribution is 2.66. The number of ether oxygens (including phenoxy) is 3. The molecule has 12 atom stereocenters. The number of piperidine rings is 2. The average Bonchev–Trinajstić information content (AvgIpc) is 1.57. The van der Waals surface area contributed by atoms with Crippen LogP contribution in [0.3, 0.4) is 0 Å². The van der Waals surface area contributed by atoms with Gasteiger partial charge < -0.3 is 61.0 Å². The quantitative estimate of drug-likeness (QED) is 0.0650. The first-order chi connectivity index (χ1) is 38.9. The minimum atomic E-state index is -1.42. The lowest BCUT2D eigenvalue weighted by molar-refractivity contribution is -0.157. The van der Waals surface area contributed by atoms with Gasteiger partial charge in [-0.05, 0) is 102 Å². The first kappa shape index (κ1) is 68.1. The lowest BCUT2D eigenvalue weighted by Crippen LogP contribution is -2.59. The zero-order valence-corrected chi connectivity index (χ0v) is 51.8. The highest BCUT2D eigenvalue weighted by atomic mass is 16.6. The van der Waals surface area contributed by atoms with Crippen LogP contribution in [0.15, 0.2) is 25.3 Å². The topological polar surface area (TPSA) is 280 Å². The van der Waals surface area contributed by atoms with Crippen LogP contribution >= 0.6 is 0 Å². The second-order valence-electron chi connectivity index (χ2n) is 27.1. The Morgan fingerprint density at radius 3 is 1.31 bits per heavy atom. The molecule has 4 aliphatic heterocycles. The van der Waals surface area contributed by atoms with Gasteiger partial charge in [-0.1, -0.05) is 130 Å². The molecule has 7 N–H and O–H groups in total. The van der Waals surface area contributed by atoms with E-state index in [0.717, 1.165) is 89.9 Å². The standard InChI is InChI=1S/C32H52N4O7.C30H50N4O6/c1-8-18-33-28(39)26(42-20(2)37)22-16-14-12-10-9-11-13-15-17-23(35-30(41)43-31(3,4)5)29(40)36-19-21-24(32(21,6)7)25(36)27(38)34-22;1-7-17-31-26(37)24(35)20-15-13-11-9-8-10-12-14-16-21(33-28(39)40-29(2,3)4)27(38)34-18-19-22(30(19,5)6)23(34)25(36)32-20/h8,21-26H,1,9-19H2,2-7H3,(H,33,39)(H,34,38)(H,35,41);7,19-24,35H,1,8-18H2,2-6H3,(H,31,37)(H,32,36)(H,33,39)/t21-,22-,23-,24-,25-,26?;19-,20-,21-,22-,23-,24?/m00/s1. The van der Waals surface area contributed by atoms with E-state index in [-0.39, 0.29) is 71.2 Å². The molecule has 2 unspecified atom stereocenters. The fourth-order valence-corrected chi connectivity index (χ4v) is 13.0. The van der Waals surface area contributed by atoms with Crippen LogP contribution in [0.25, 0.3) is 0 Å². The molecule has 0 spiro atoms. The normalized spacial score (nSPS) is 29.5. The molecule has 6 aliphatic rings. The maximum Gasteiger partial charge on any atom is 0.408 e. The number of nitrogens with zero attached hydrogens (tertiary/aromatic N) is 2. The van der Waals surface area contributed by atoms with Crippen LogP contribution in [0, 0.1) is 34.5 Å². The SMILES string of the molecule is C=CCNC(=O)C(O)[C@@H]1CCCCCCCCC[C@H](NC(=O)OC(C)(C)C)C(=O)N2C[C@H]3[C@@H]([C@H]2C(=O)N1)C3(C)C.C=CCNC(=O)C(OC(C)=O)[C@@H]1CCCCCCCCC[C@H](NC(=O)OC(C)(C)C)C(=O)N2C[C@H]3[C@@H]([C@H]2C(=O)N1)C3(C)C. The van der Waals surface area contributed by atoms with Crippen molar-refractivity contribution in [2.24, 2.45) is 34.5 Å². The second-order valence-corrected chi connectivity index (χ2v) is 27.1. The highest BCUT2D eigenvalue weighted by molar-refractivity contribution is 5.95. The molecule has 83 heavy (non-hydrogen) atoms. The summed E-state index contributed by atoms with van der Waals surface area (Å²) in [7, 11) is 0. The Morgan fingerprint density at radius 2 is 0.940 bits per heavy atom. The third-order valence-electron chi connectivity index (χ3n) is 17.6. The second kappa shape index (κ2) is 29.9. The molecule has 0 aromatic carbocycles. The van der Waals surface area contributed by atoms with Crippen molar-refractivity contribution in [3.05, 3.63) is 25.3 Å². The number of aliphatic hydroxyl groups excluding tert-OH is 1. The van der Waals surface area contributed by atoms with Gasteiger partial charge in [0.25, 0.3) is 11.8 Å². The van der Waals surface area contributed by atoms with Gasteiger partial charge >= 0.3 is 18.2 Å². The van der Waals surface area contributed by atoms with Crippen LogP contribution < -0.4 is 31.9 Å². The molecule has 2 saturated carbocycles. The number of rotatable bonds is 11. The first-order valence-electron chi connectivity index (χ1n) is 30.8. The molecule has 2 aliphatic carbocycles. The van der Waals surface area contributed by atoms with E-state index in [0.29, 0.717) is 38.8 Å². The smallest absolute Gasteiger partial charge is 0.408 e. The molecule has 6 fully saturated rings. The van der Waals surface area contributed by atoms with E-state index >= 15 is 0 Å². The van der Waals surface area contributed by atoms with Crippen molar-refractivity contribution in [2.75, 3.05) is 26.2 Å². The molecular formula is C62H102N8O13. The maximum absolute atomic E-state index is 14.1. The van der Waals surface area contributed by atoms with E-state index in [1.54, 1.807) is 51.3 Å². The Hall–Kier alpha value is -5.73. The number of amides is 8. The van der Waals surface area contributed by atoms with Crippen molar-refractivity contribution in [1.82, 2.24) is 41.7 Å². The number of hydrogen-bond acceptors (Lipinski definition) is 13. The van der Waals surface area contributed by atoms with Gasteiger partial charge in [0, 0.05) is 33.1 Å². The van der Waals surface area contributed by atoms with E-state index in [2.05, 4.69) is 72.8 Å². The van der Waals surface area contributed by atoms with Crippen molar-refractivity contribution in [3.8, 4) is 0 Å². The highest BCUT2D eigenvalue weighted by Gasteiger charge is 2.71. The molecule has 0 aromatic rings. The van der Waals surface area contributed by atoms with Gasteiger partial charge in [0.05, 0.1) is 12.1 Å². The third kappa shape index (κ3) is 19.1. The van der Waals surface area contributed by atoms with Crippen LogP contribution in [0.2, 0.25) is 0 Å². The van der Waals surface area contributed by atoms with E-state index in [1.165, 1.54) is 19.1 Å². The van der Waals surface area contributed by atoms with Crippen molar-refractivity contribution < 1.29 is 62.5 Å². The first-order valence-corrected chi connectivity index (χ1v) is 30.8. The summed E-state index contributed by atoms with van der Waals surface area (Å²) in [6.07, 6.45) is 13.7. The molecule has 21 nitrogen and oxygen atoms in total. The molecule has 21 heteroatoms.